The van der Waals surface area contributed by atoms with Crippen molar-refractivity contribution in [3.8, 4) is 0 Å². The summed E-state index contributed by atoms with van der Waals surface area (Å²) in [6, 6.07) is 21.1. The van der Waals surface area contributed by atoms with Crippen molar-refractivity contribution in [2.45, 2.75) is 44.9 Å². The Bertz CT molecular complexity index is 1070. The monoisotopic (exact) mass is 442 g/mol. The number of amides is 1. The lowest BCUT2D eigenvalue weighted by Crippen LogP contribution is -2.48. The van der Waals surface area contributed by atoms with Gasteiger partial charge in [0.2, 0.25) is 5.91 Å². The van der Waals surface area contributed by atoms with E-state index in [2.05, 4.69) is 64.5 Å². The number of nitrogens with zero attached hydrogens (tertiary/aromatic N) is 2. The van der Waals surface area contributed by atoms with Crippen molar-refractivity contribution in [1.29, 1.82) is 0 Å². The second-order valence-corrected chi connectivity index (χ2v) is 9.84. The highest BCUT2D eigenvalue weighted by Gasteiger charge is 2.42. The lowest BCUT2D eigenvalue weighted by Gasteiger charge is -2.40. The number of fused-ring (bicyclic) bond motifs is 1. The molecule has 5 rings (SSSR count). The third-order valence-corrected chi connectivity index (χ3v) is 7.67. The molecule has 2 fully saturated rings. The zero-order valence-electron chi connectivity index (χ0n) is 19.4. The Morgan fingerprint density at radius 1 is 0.970 bits per heavy atom. The van der Waals surface area contributed by atoms with Gasteiger partial charge in [-0.2, -0.15) is 0 Å². The van der Waals surface area contributed by atoms with Gasteiger partial charge in [-0.25, -0.2) is 0 Å². The van der Waals surface area contributed by atoms with Gasteiger partial charge in [-0.05, 0) is 74.1 Å². The standard InChI is InChI=1S/C29H34N2O2/c32-28(29(14-19-33-20-15-29)22-24-7-2-1-3-8-24)31-17-6-9-23(13-18-31)21-25-12-16-30-27-11-5-4-10-26(25)27/h1-5,7-8,10-12,16,23H,6,9,13-15,17-22H2. The number of ether oxygens (including phenoxy) is 1. The molecule has 2 aliphatic heterocycles. The van der Waals surface area contributed by atoms with Crippen molar-refractivity contribution in [2.75, 3.05) is 26.3 Å². The lowest BCUT2D eigenvalue weighted by molar-refractivity contribution is -0.148. The van der Waals surface area contributed by atoms with Crippen molar-refractivity contribution < 1.29 is 9.53 Å². The number of carbonyl (C=O) groups is 1. The van der Waals surface area contributed by atoms with Gasteiger partial charge in [0.1, 0.15) is 0 Å². The molecule has 1 amide bonds. The van der Waals surface area contributed by atoms with Crippen LogP contribution < -0.4 is 0 Å². The molecular formula is C29H34N2O2. The Morgan fingerprint density at radius 2 is 1.76 bits per heavy atom. The molecule has 0 radical (unpaired) electrons. The number of aromatic nitrogens is 1. The quantitative estimate of drug-likeness (QED) is 0.528. The Labute approximate surface area is 197 Å². The molecule has 172 valence electrons. The fraction of sp³-hybridized carbons (Fsp3) is 0.448. The van der Waals surface area contributed by atoms with Gasteiger partial charge >= 0.3 is 0 Å². The van der Waals surface area contributed by atoms with Gasteiger partial charge in [0.15, 0.2) is 0 Å². The van der Waals surface area contributed by atoms with Gasteiger partial charge < -0.3 is 9.64 Å². The van der Waals surface area contributed by atoms with Crippen molar-refractivity contribution in [3.05, 3.63) is 78.0 Å². The van der Waals surface area contributed by atoms with E-state index in [-0.39, 0.29) is 5.41 Å². The minimum atomic E-state index is -0.319. The van der Waals surface area contributed by atoms with Crippen LogP contribution in [-0.4, -0.2) is 42.1 Å². The van der Waals surface area contributed by atoms with E-state index in [9.17, 15) is 4.79 Å². The van der Waals surface area contributed by atoms with E-state index in [0.29, 0.717) is 25.0 Å². The van der Waals surface area contributed by atoms with Crippen molar-refractivity contribution in [2.24, 2.45) is 11.3 Å². The van der Waals surface area contributed by atoms with Gasteiger partial charge in [0.25, 0.3) is 0 Å². The number of carbonyl (C=O) groups excluding carboxylic acids is 1. The predicted octanol–water partition coefficient (Wildman–Crippen LogP) is 5.45. The molecule has 1 unspecified atom stereocenters. The average Bonchev–Trinajstić information content (AvgIpc) is 3.10. The van der Waals surface area contributed by atoms with Gasteiger partial charge in [-0.3, -0.25) is 9.78 Å². The highest BCUT2D eigenvalue weighted by atomic mass is 16.5. The summed E-state index contributed by atoms with van der Waals surface area (Å²) in [5, 5.41) is 1.26. The van der Waals surface area contributed by atoms with Crippen LogP contribution in [0.2, 0.25) is 0 Å². The summed E-state index contributed by atoms with van der Waals surface area (Å²) in [5.41, 5.74) is 3.39. The molecule has 2 aliphatic rings. The van der Waals surface area contributed by atoms with Crippen molar-refractivity contribution in [3.63, 3.8) is 0 Å². The Hall–Kier alpha value is -2.72. The summed E-state index contributed by atoms with van der Waals surface area (Å²) >= 11 is 0. The molecular weight excluding hydrogens is 408 g/mol. The minimum absolute atomic E-state index is 0.319. The second-order valence-electron chi connectivity index (χ2n) is 9.84. The molecule has 3 heterocycles. The third kappa shape index (κ3) is 4.96. The molecule has 0 saturated carbocycles. The number of para-hydroxylation sites is 1. The van der Waals surface area contributed by atoms with Gasteiger partial charge in [-0.15, -0.1) is 0 Å². The van der Waals surface area contributed by atoms with Crippen LogP contribution in [0.1, 0.15) is 43.2 Å². The molecule has 3 aromatic rings. The van der Waals surface area contributed by atoms with E-state index < -0.39 is 0 Å². The lowest BCUT2D eigenvalue weighted by atomic mass is 9.74. The topological polar surface area (TPSA) is 42.4 Å². The van der Waals surface area contributed by atoms with Crippen LogP contribution in [0.25, 0.3) is 10.9 Å². The molecule has 33 heavy (non-hydrogen) atoms. The summed E-state index contributed by atoms with van der Waals surface area (Å²) in [4.78, 5) is 20.6. The SMILES string of the molecule is O=C(N1CCCC(Cc2ccnc3ccccc23)CC1)C1(Cc2ccccc2)CCOCC1. The minimum Gasteiger partial charge on any atom is -0.381 e. The molecule has 0 spiro atoms. The largest absolute Gasteiger partial charge is 0.381 e. The van der Waals surface area contributed by atoms with Crippen LogP contribution in [0.5, 0.6) is 0 Å². The first-order chi connectivity index (χ1) is 16.2. The molecule has 0 N–H and O–H groups in total. The van der Waals surface area contributed by atoms with Gasteiger partial charge in [0, 0.05) is 37.9 Å². The van der Waals surface area contributed by atoms with E-state index in [0.717, 1.165) is 57.1 Å². The Kier molecular flexibility index (Phi) is 6.73. The maximum Gasteiger partial charge on any atom is 0.229 e. The number of hydrogen-bond acceptors (Lipinski definition) is 3. The fourth-order valence-corrected chi connectivity index (χ4v) is 5.77. The van der Waals surface area contributed by atoms with Crippen LogP contribution in [-0.2, 0) is 22.4 Å². The van der Waals surface area contributed by atoms with E-state index in [1.807, 2.05) is 12.3 Å². The highest BCUT2D eigenvalue weighted by Crippen LogP contribution is 2.37. The average molecular weight is 443 g/mol. The normalized spacial score (nSPS) is 21.0. The Morgan fingerprint density at radius 3 is 2.61 bits per heavy atom. The van der Waals surface area contributed by atoms with Crippen LogP contribution >= 0.6 is 0 Å². The maximum atomic E-state index is 13.9. The summed E-state index contributed by atoms with van der Waals surface area (Å²) in [5.74, 6) is 0.957. The fourth-order valence-electron chi connectivity index (χ4n) is 5.77. The molecule has 4 heteroatoms. The van der Waals surface area contributed by atoms with E-state index in [1.165, 1.54) is 22.9 Å². The number of likely N-dealkylation sites (tertiary alicyclic amines) is 1. The molecule has 2 aromatic carbocycles. The van der Waals surface area contributed by atoms with E-state index in [4.69, 9.17) is 4.74 Å². The molecule has 4 nitrogen and oxygen atoms in total. The highest BCUT2D eigenvalue weighted by molar-refractivity contribution is 5.83. The summed E-state index contributed by atoms with van der Waals surface area (Å²) in [6.45, 7) is 3.11. The van der Waals surface area contributed by atoms with Gasteiger partial charge in [-0.1, -0.05) is 48.5 Å². The van der Waals surface area contributed by atoms with Crippen LogP contribution in [0.15, 0.2) is 66.9 Å². The van der Waals surface area contributed by atoms with E-state index in [1.54, 1.807) is 0 Å². The molecule has 0 aliphatic carbocycles. The first-order valence-corrected chi connectivity index (χ1v) is 12.5. The second kappa shape index (κ2) is 10.0. The molecule has 0 bridgehead atoms. The van der Waals surface area contributed by atoms with Crippen LogP contribution in [0.3, 0.4) is 0 Å². The number of pyridine rings is 1. The Balaban J connectivity index is 1.28. The smallest absolute Gasteiger partial charge is 0.229 e. The first-order valence-electron chi connectivity index (χ1n) is 12.5. The number of benzene rings is 2. The molecule has 1 aromatic heterocycles. The zero-order valence-corrected chi connectivity index (χ0v) is 19.4. The summed E-state index contributed by atoms with van der Waals surface area (Å²) < 4.78 is 5.67. The predicted molar refractivity (Wildman–Crippen MR) is 132 cm³/mol. The maximum absolute atomic E-state index is 13.9. The van der Waals surface area contributed by atoms with Crippen molar-refractivity contribution in [1.82, 2.24) is 9.88 Å². The number of rotatable bonds is 5. The van der Waals surface area contributed by atoms with Crippen molar-refractivity contribution >= 4 is 16.8 Å². The summed E-state index contributed by atoms with van der Waals surface area (Å²) in [7, 11) is 0. The van der Waals surface area contributed by atoms with Crippen LogP contribution in [0.4, 0.5) is 0 Å². The third-order valence-electron chi connectivity index (χ3n) is 7.67. The molecule has 2 saturated heterocycles. The summed E-state index contributed by atoms with van der Waals surface area (Å²) in [6.07, 6.45) is 8.79. The van der Waals surface area contributed by atoms with Crippen LogP contribution in [0, 0.1) is 11.3 Å². The number of hydrogen-bond donors (Lipinski definition) is 0. The molecule has 1 atom stereocenters. The zero-order chi connectivity index (χ0) is 22.5. The van der Waals surface area contributed by atoms with Gasteiger partial charge in [0.05, 0.1) is 10.9 Å². The van der Waals surface area contributed by atoms with E-state index >= 15 is 0 Å². The first kappa shape index (κ1) is 22.1.